The van der Waals surface area contributed by atoms with Gasteiger partial charge >= 0.3 is 5.97 Å². The maximum absolute atomic E-state index is 12.5. The van der Waals surface area contributed by atoms with Crippen LogP contribution in [-0.2, 0) is 17.9 Å². The summed E-state index contributed by atoms with van der Waals surface area (Å²) in [6.07, 6.45) is 0. The second kappa shape index (κ2) is 10.9. The standard InChI is InChI=1S/C26H27N3O4/c1-3-32-26(31)19-9-7-18(8-10-19)16-33-23-14-20(24(27)28)11-12-22(23)15-29-25(30)21-6-4-5-17(2)13-21/h4-14H,3,15-16H2,1-2H3,(H3,27,28)(H,29,30). The van der Waals surface area contributed by atoms with Crippen molar-refractivity contribution in [2.45, 2.75) is 27.0 Å². The molecular formula is C26H27N3O4. The number of ether oxygens (including phenoxy) is 2. The second-order valence-electron chi connectivity index (χ2n) is 7.49. The number of benzene rings is 3. The van der Waals surface area contributed by atoms with Crippen molar-refractivity contribution in [1.29, 1.82) is 5.41 Å². The van der Waals surface area contributed by atoms with Crippen LogP contribution in [-0.4, -0.2) is 24.3 Å². The number of hydrogen-bond donors (Lipinski definition) is 3. The molecule has 0 radical (unpaired) electrons. The number of esters is 1. The molecule has 0 atom stereocenters. The number of hydrogen-bond acceptors (Lipinski definition) is 5. The van der Waals surface area contributed by atoms with E-state index in [1.807, 2.05) is 25.1 Å². The largest absolute Gasteiger partial charge is 0.489 e. The molecule has 0 fully saturated rings. The Morgan fingerprint density at radius 3 is 2.36 bits per heavy atom. The third-order valence-corrected chi connectivity index (χ3v) is 4.96. The Kier molecular flexibility index (Phi) is 7.81. The first kappa shape index (κ1) is 23.5. The molecular weight excluding hydrogens is 418 g/mol. The molecule has 33 heavy (non-hydrogen) atoms. The lowest BCUT2D eigenvalue weighted by molar-refractivity contribution is 0.0526. The maximum atomic E-state index is 12.5. The van der Waals surface area contributed by atoms with Gasteiger partial charge in [-0.1, -0.05) is 42.0 Å². The molecule has 3 aromatic rings. The van der Waals surface area contributed by atoms with E-state index in [4.69, 9.17) is 20.6 Å². The van der Waals surface area contributed by atoms with Gasteiger partial charge in [-0.2, -0.15) is 0 Å². The SMILES string of the molecule is CCOC(=O)c1ccc(COc2cc(C(=N)N)ccc2CNC(=O)c2cccc(C)c2)cc1. The molecule has 3 rings (SSSR count). The lowest BCUT2D eigenvalue weighted by Gasteiger charge is -2.14. The molecule has 0 bridgehead atoms. The van der Waals surface area contributed by atoms with Crippen LogP contribution in [0.3, 0.4) is 0 Å². The van der Waals surface area contributed by atoms with Crippen LogP contribution < -0.4 is 15.8 Å². The number of nitrogens with two attached hydrogens (primary N) is 1. The van der Waals surface area contributed by atoms with Crippen LogP contribution in [0.1, 0.15) is 49.9 Å². The van der Waals surface area contributed by atoms with Crippen LogP contribution in [0.2, 0.25) is 0 Å². The normalized spacial score (nSPS) is 10.4. The average molecular weight is 446 g/mol. The molecule has 4 N–H and O–H groups in total. The average Bonchev–Trinajstić information content (AvgIpc) is 2.81. The van der Waals surface area contributed by atoms with Gasteiger partial charge in [0.05, 0.1) is 12.2 Å². The number of carbonyl (C=O) groups excluding carboxylic acids is 2. The Labute approximate surface area is 193 Å². The van der Waals surface area contributed by atoms with Crippen molar-refractivity contribution < 1.29 is 19.1 Å². The maximum Gasteiger partial charge on any atom is 0.338 e. The highest BCUT2D eigenvalue weighted by molar-refractivity contribution is 5.96. The van der Waals surface area contributed by atoms with Crippen LogP contribution in [0.15, 0.2) is 66.7 Å². The number of nitrogens with one attached hydrogen (secondary N) is 2. The van der Waals surface area contributed by atoms with Crippen molar-refractivity contribution >= 4 is 17.7 Å². The summed E-state index contributed by atoms with van der Waals surface area (Å²) in [4.78, 5) is 24.3. The van der Waals surface area contributed by atoms with E-state index < -0.39 is 0 Å². The molecule has 7 heteroatoms. The lowest BCUT2D eigenvalue weighted by atomic mass is 10.1. The van der Waals surface area contributed by atoms with Crippen molar-refractivity contribution in [3.63, 3.8) is 0 Å². The zero-order chi connectivity index (χ0) is 23.8. The molecule has 1 amide bonds. The molecule has 0 spiro atoms. The Bertz CT molecular complexity index is 1160. The molecule has 0 aliphatic rings. The molecule has 0 aromatic heterocycles. The van der Waals surface area contributed by atoms with Gasteiger partial charge in [0, 0.05) is 23.2 Å². The predicted octanol–water partition coefficient (Wildman–Crippen LogP) is 3.96. The van der Waals surface area contributed by atoms with E-state index in [0.717, 1.165) is 16.7 Å². The number of amides is 1. The lowest BCUT2D eigenvalue weighted by Crippen LogP contribution is -2.23. The molecule has 170 valence electrons. The Morgan fingerprint density at radius 2 is 1.70 bits per heavy atom. The van der Waals surface area contributed by atoms with Gasteiger partial charge < -0.3 is 20.5 Å². The fourth-order valence-electron chi connectivity index (χ4n) is 3.18. The number of carbonyl (C=O) groups is 2. The minimum Gasteiger partial charge on any atom is -0.489 e. The Morgan fingerprint density at radius 1 is 0.970 bits per heavy atom. The zero-order valence-corrected chi connectivity index (χ0v) is 18.7. The quantitative estimate of drug-likeness (QED) is 0.262. The summed E-state index contributed by atoms with van der Waals surface area (Å²) in [5.41, 5.74) is 9.83. The predicted molar refractivity (Wildman–Crippen MR) is 127 cm³/mol. The summed E-state index contributed by atoms with van der Waals surface area (Å²) in [6, 6.07) is 19.5. The number of aryl methyl sites for hydroxylation is 1. The summed E-state index contributed by atoms with van der Waals surface area (Å²) in [5.74, 6) is -0.115. The highest BCUT2D eigenvalue weighted by Crippen LogP contribution is 2.22. The van der Waals surface area contributed by atoms with Gasteiger partial charge in [-0.15, -0.1) is 0 Å². The van der Waals surface area contributed by atoms with Crippen molar-refractivity contribution in [1.82, 2.24) is 5.32 Å². The fourth-order valence-corrected chi connectivity index (χ4v) is 3.18. The third kappa shape index (κ3) is 6.43. The van der Waals surface area contributed by atoms with Gasteiger partial charge in [0.25, 0.3) is 5.91 Å². The van der Waals surface area contributed by atoms with E-state index in [-0.39, 0.29) is 30.9 Å². The van der Waals surface area contributed by atoms with E-state index in [9.17, 15) is 9.59 Å². The Balaban J connectivity index is 1.72. The number of amidine groups is 1. The van der Waals surface area contributed by atoms with Crippen molar-refractivity contribution in [3.8, 4) is 5.75 Å². The highest BCUT2D eigenvalue weighted by Gasteiger charge is 2.11. The summed E-state index contributed by atoms with van der Waals surface area (Å²) in [5, 5.41) is 10.6. The van der Waals surface area contributed by atoms with Crippen molar-refractivity contribution in [3.05, 3.63) is 100 Å². The molecule has 0 aliphatic carbocycles. The van der Waals surface area contributed by atoms with Crippen LogP contribution >= 0.6 is 0 Å². The number of nitrogen functional groups attached to an aromatic ring is 1. The molecule has 0 aliphatic heterocycles. The molecule has 0 saturated carbocycles. The third-order valence-electron chi connectivity index (χ3n) is 4.96. The van der Waals surface area contributed by atoms with Crippen molar-refractivity contribution in [2.24, 2.45) is 5.73 Å². The van der Waals surface area contributed by atoms with Crippen LogP contribution in [0.4, 0.5) is 0 Å². The van der Waals surface area contributed by atoms with Gasteiger partial charge in [0.2, 0.25) is 0 Å². The topological polar surface area (TPSA) is 114 Å². The van der Waals surface area contributed by atoms with Crippen LogP contribution in [0, 0.1) is 12.3 Å². The van der Waals surface area contributed by atoms with E-state index in [1.54, 1.807) is 55.5 Å². The van der Waals surface area contributed by atoms with Gasteiger partial charge in [0.1, 0.15) is 18.2 Å². The Hall–Kier alpha value is -4.13. The summed E-state index contributed by atoms with van der Waals surface area (Å²) in [7, 11) is 0. The van der Waals surface area contributed by atoms with Gasteiger partial charge in [-0.3, -0.25) is 10.2 Å². The first-order chi connectivity index (χ1) is 15.9. The van der Waals surface area contributed by atoms with Gasteiger partial charge in [0.15, 0.2) is 0 Å². The van der Waals surface area contributed by atoms with E-state index in [0.29, 0.717) is 29.0 Å². The van der Waals surface area contributed by atoms with Crippen molar-refractivity contribution in [2.75, 3.05) is 6.61 Å². The smallest absolute Gasteiger partial charge is 0.338 e. The van der Waals surface area contributed by atoms with Gasteiger partial charge in [-0.25, -0.2) is 4.79 Å². The summed E-state index contributed by atoms with van der Waals surface area (Å²) in [6.45, 7) is 4.50. The second-order valence-corrected chi connectivity index (χ2v) is 7.49. The molecule has 0 unspecified atom stereocenters. The zero-order valence-electron chi connectivity index (χ0n) is 18.7. The van der Waals surface area contributed by atoms with E-state index in [2.05, 4.69) is 5.32 Å². The molecule has 7 nitrogen and oxygen atoms in total. The van der Waals surface area contributed by atoms with Crippen LogP contribution in [0.25, 0.3) is 0 Å². The summed E-state index contributed by atoms with van der Waals surface area (Å²) >= 11 is 0. The van der Waals surface area contributed by atoms with Crippen LogP contribution in [0.5, 0.6) is 5.75 Å². The fraction of sp³-hybridized carbons (Fsp3) is 0.192. The first-order valence-corrected chi connectivity index (χ1v) is 10.6. The minimum atomic E-state index is -0.370. The highest BCUT2D eigenvalue weighted by atomic mass is 16.5. The first-order valence-electron chi connectivity index (χ1n) is 10.6. The van der Waals surface area contributed by atoms with Gasteiger partial charge in [-0.05, 0) is 49.7 Å². The molecule has 0 heterocycles. The molecule has 3 aromatic carbocycles. The monoisotopic (exact) mass is 445 g/mol. The van der Waals surface area contributed by atoms with E-state index in [1.165, 1.54) is 0 Å². The molecule has 0 saturated heterocycles. The summed E-state index contributed by atoms with van der Waals surface area (Å²) < 4.78 is 11.0. The number of rotatable bonds is 9. The van der Waals surface area contributed by atoms with E-state index >= 15 is 0 Å². The minimum absolute atomic E-state index is 0.0750.